The number of carboxylic acids is 1. The summed E-state index contributed by atoms with van der Waals surface area (Å²) in [5.41, 5.74) is 5.19. The maximum Gasteiger partial charge on any atom is 0.303 e. The van der Waals surface area contributed by atoms with Gasteiger partial charge < -0.3 is 16.2 Å². The first kappa shape index (κ1) is 24.6. The van der Waals surface area contributed by atoms with E-state index in [1.807, 2.05) is 27.0 Å². The van der Waals surface area contributed by atoms with Crippen LogP contribution < -0.4 is 11.1 Å². The van der Waals surface area contributed by atoms with Crippen molar-refractivity contribution in [3.63, 3.8) is 0 Å². The molecule has 164 valence electrons. The van der Waals surface area contributed by atoms with Crippen molar-refractivity contribution >= 4 is 17.8 Å². The summed E-state index contributed by atoms with van der Waals surface area (Å²) in [5, 5.41) is 20.1. The average molecular weight is 410 g/mol. The number of hydrogen-bond acceptors (Lipinski definition) is 5. The number of primary amides is 1. The maximum absolute atomic E-state index is 12.4. The summed E-state index contributed by atoms with van der Waals surface area (Å²) in [4.78, 5) is 35.1. The molecule has 9 nitrogen and oxygen atoms in total. The number of nitrogens with zero attached hydrogens (tertiary/aromatic N) is 3. The molecule has 0 fully saturated rings. The van der Waals surface area contributed by atoms with Gasteiger partial charge in [-0.15, -0.1) is 5.10 Å². The minimum atomic E-state index is -1.02. The molecule has 0 spiro atoms. The molecule has 0 aromatic carbocycles. The van der Waals surface area contributed by atoms with Gasteiger partial charge in [-0.2, -0.15) is 0 Å². The lowest BCUT2D eigenvalue weighted by atomic mass is 9.68. The largest absolute Gasteiger partial charge is 0.481 e. The number of amides is 2. The first-order valence-corrected chi connectivity index (χ1v) is 9.95. The van der Waals surface area contributed by atoms with E-state index in [0.717, 1.165) is 12.1 Å². The number of carboxylic acid groups (broad SMARTS) is 1. The van der Waals surface area contributed by atoms with Crippen LogP contribution in [0.1, 0.15) is 78.3 Å². The summed E-state index contributed by atoms with van der Waals surface area (Å²) >= 11 is 0. The first-order chi connectivity index (χ1) is 13.3. The lowest BCUT2D eigenvalue weighted by Crippen LogP contribution is -2.49. The number of nitrogens with two attached hydrogens (primary N) is 1. The van der Waals surface area contributed by atoms with E-state index in [0.29, 0.717) is 12.8 Å². The van der Waals surface area contributed by atoms with Gasteiger partial charge in [0.05, 0.1) is 12.1 Å². The number of hydrogen-bond donors (Lipinski definition) is 3. The number of rotatable bonds is 12. The summed E-state index contributed by atoms with van der Waals surface area (Å²) in [6.07, 6.45) is 3.40. The first-order valence-electron chi connectivity index (χ1n) is 9.95. The molecule has 2 unspecified atom stereocenters. The monoisotopic (exact) mass is 409 g/mol. The number of nitrogens with one attached hydrogen (secondary N) is 1. The molecule has 9 heteroatoms. The molecule has 1 aromatic heterocycles. The third-order valence-corrected chi connectivity index (χ3v) is 5.46. The zero-order valence-electron chi connectivity index (χ0n) is 18.4. The van der Waals surface area contributed by atoms with Crippen LogP contribution in [0, 0.1) is 10.8 Å². The minimum absolute atomic E-state index is 0.0597. The van der Waals surface area contributed by atoms with E-state index in [-0.39, 0.29) is 30.7 Å². The van der Waals surface area contributed by atoms with E-state index in [9.17, 15) is 14.4 Å². The van der Waals surface area contributed by atoms with E-state index >= 15 is 0 Å². The van der Waals surface area contributed by atoms with Crippen molar-refractivity contribution in [3.8, 4) is 0 Å². The van der Waals surface area contributed by atoms with Gasteiger partial charge in [0.2, 0.25) is 11.8 Å². The quantitative estimate of drug-likeness (QED) is 0.482. The van der Waals surface area contributed by atoms with Crippen LogP contribution in [-0.2, 0) is 21.4 Å². The Hall–Kier alpha value is -2.45. The third kappa shape index (κ3) is 7.47. The van der Waals surface area contributed by atoms with Crippen LogP contribution in [0.5, 0.6) is 0 Å². The highest BCUT2D eigenvalue weighted by atomic mass is 16.4. The number of carbonyl (C=O) groups is 3. The lowest BCUT2D eigenvalue weighted by Gasteiger charge is -2.41. The smallest absolute Gasteiger partial charge is 0.303 e. The Labute approximate surface area is 172 Å². The van der Waals surface area contributed by atoms with Crippen molar-refractivity contribution in [2.75, 3.05) is 0 Å². The average Bonchev–Trinajstić information content (AvgIpc) is 3.01. The fourth-order valence-corrected chi connectivity index (χ4v) is 3.74. The van der Waals surface area contributed by atoms with Crippen LogP contribution in [0.15, 0.2) is 6.20 Å². The molecule has 0 aliphatic rings. The number of aryl methyl sites for hydroxylation is 1. The van der Waals surface area contributed by atoms with Gasteiger partial charge in [0.1, 0.15) is 0 Å². The summed E-state index contributed by atoms with van der Waals surface area (Å²) in [7, 11) is 1.80. The standard InChI is InChI=1S/C20H35N5O4/c1-7-13(14-11-25(6)24-23-14)10-15(22-16(26)8-9-17(27)28)19(2,3)12-20(4,5)18(21)29/h11,13,15H,7-10,12H2,1-6H3,(H2,21,29)(H,22,26)(H,27,28). The van der Waals surface area contributed by atoms with E-state index in [2.05, 4.69) is 15.6 Å². The summed E-state index contributed by atoms with van der Waals surface area (Å²) in [6.45, 7) is 9.61. The second-order valence-corrected chi connectivity index (χ2v) is 9.09. The molecule has 2 amide bonds. The van der Waals surface area contributed by atoms with Crippen molar-refractivity contribution in [2.45, 2.75) is 78.7 Å². The van der Waals surface area contributed by atoms with Gasteiger partial charge in [-0.3, -0.25) is 19.1 Å². The molecule has 0 saturated carbocycles. The Morgan fingerprint density at radius 1 is 1.24 bits per heavy atom. The molecule has 1 aromatic rings. The zero-order chi connectivity index (χ0) is 22.4. The predicted octanol–water partition coefficient (Wildman–Crippen LogP) is 1.98. The Balaban J connectivity index is 3.10. The summed E-state index contributed by atoms with van der Waals surface area (Å²) in [5.74, 6) is -1.68. The fraction of sp³-hybridized carbons (Fsp3) is 0.750. The van der Waals surface area contributed by atoms with Gasteiger partial charge in [-0.25, -0.2) is 0 Å². The van der Waals surface area contributed by atoms with Gasteiger partial charge in [0.25, 0.3) is 0 Å². The Bertz CT molecular complexity index is 726. The van der Waals surface area contributed by atoms with Crippen molar-refractivity contribution in [1.29, 1.82) is 0 Å². The van der Waals surface area contributed by atoms with E-state index in [1.54, 1.807) is 25.6 Å². The molecule has 0 aliphatic carbocycles. The van der Waals surface area contributed by atoms with E-state index in [1.165, 1.54) is 0 Å². The topological polar surface area (TPSA) is 140 Å². The summed E-state index contributed by atoms with van der Waals surface area (Å²) < 4.78 is 1.64. The summed E-state index contributed by atoms with van der Waals surface area (Å²) in [6, 6.07) is -0.297. The van der Waals surface area contributed by atoms with Crippen molar-refractivity contribution < 1.29 is 19.5 Å². The van der Waals surface area contributed by atoms with Crippen LogP contribution in [0.4, 0.5) is 0 Å². The number of aliphatic carboxylic acids is 1. The normalized spacial score (nSPS) is 14.3. The van der Waals surface area contributed by atoms with E-state index < -0.39 is 22.7 Å². The van der Waals surface area contributed by atoms with Crippen LogP contribution >= 0.6 is 0 Å². The Morgan fingerprint density at radius 3 is 2.31 bits per heavy atom. The fourth-order valence-electron chi connectivity index (χ4n) is 3.74. The molecule has 1 heterocycles. The molecular formula is C20H35N5O4. The third-order valence-electron chi connectivity index (χ3n) is 5.46. The molecule has 1 rings (SSSR count). The molecule has 0 radical (unpaired) electrons. The lowest BCUT2D eigenvalue weighted by molar-refractivity contribution is -0.139. The van der Waals surface area contributed by atoms with Crippen molar-refractivity contribution in [1.82, 2.24) is 20.3 Å². The van der Waals surface area contributed by atoms with Crippen LogP contribution in [0.2, 0.25) is 0 Å². The highest BCUT2D eigenvalue weighted by molar-refractivity contribution is 5.81. The highest BCUT2D eigenvalue weighted by Gasteiger charge is 2.40. The van der Waals surface area contributed by atoms with Gasteiger partial charge >= 0.3 is 5.97 Å². The van der Waals surface area contributed by atoms with Crippen LogP contribution in [0.25, 0.3) is 0 Å². The molecule has 0 aliphatic heterocycles. The SMILES string of the molecule is CCC(CC(NC(=O)CCC(=O)O)C(C)(C)CC(C)(C)C(N)=O)c1cn(C)nn1. The van der Waals surface area contributed by atoms with Crippen LogP contribution in [0.3, 0.4) is 0 Å². The molecular weight excluding hydrogens is 374 g/mol. The minimum Gasteiger partial charge on any atom is -0.481 e. The second-order valence-electron chi connectivity index (χ2n) is 9.09. The number of carbonyl (C=O) groups excluding carboxylic acids is 2. The van der Waals surface area contributed by atoms with Crippen LogP contribution in [-0.4, -0.2) is 43.9 Å². The number of aromatic nitrogens is 3. The van der Waals surface area contributed by atoms with Gasteiger partial charge in [-0.05, 0) is 24.7 Å². The van der Waals surface area contributed by atoms with Gasteiger partial charge in [0, 0.05) is 37.0 Å². The molecule has 29 heavy (non-hydrogen) atoms. The van der Waals surface area contributed by atoms with Crippen molar-refractivity contribution in [2.24, 2.45) is 23.6 Å². The highest BCUT2D eigenvalue weighted by Crippen LogP contribution is 2.39. The van der Waals surface area contributed by atoms with Crippen molar-refractivity contribution in [3.05, 3.63) is 11.9 Å². The molecule has 2 atom stereocenters. The predicted molar refractivity (Wildman–Crippen MR) is 109 cm³/mol. The second kappa shape index (κ2) is 9.84. The van der Waals surface area contributed by atoms with E-state index in [4.69, 9.17) is 10.8 Å². The maximum atomic E-state index is 12.4. The molecule has 0 saturated heterocycles. The Morgan fingerprint density at radius 2 is 1.86 bits per heavy atom. The zero-order valence-corrected chi connectivity index (χ0v) is 18.4. The Kier molecular flexibility index (Phi) is 8.35. The van der Waals surface area contributed by atoms with Gasteiger partial charge in [-0.1, -0.05) is 39.8 Å². The molecule has 0 bridgehead atoms. The molecule has 4 N–H and O–H groups in total. The van der Waals surface area contributed by atoms with Gasteiger partial charge in [0.15, 0.2) is 0 Å².